The molecule has 0 amide bonds. The molecular formula is C13H20O2. The van der Waals surface area contributed by atoms with Gasteiger partial charge in [-0.25, -0.2) is 0 Å². The molecule has 2 nitrogen and oxygen atoms in total. The lowest BCUT2D eigenvalue weighted by molar-refractivity contribution is -0.196. The Bertz CT molecular complexity index is 268. The number of hydrogen-bond acceptors (Lipinski definition) is 2. The van der Waals surface area contributed by atoms with Crippen molar-refractivity contribution in [3.8, 4) is 0 Å². The fourth-order valence-electron chi connectivity index (χ4n) is 1.83. The van der Waals surface area contributed by atoms with Crippen molar-refractivity contribution in [2.45, 2.75) is 45.6 Å². The average molecular weight is 208 g/mol. The van der Waals surface area contributed by atoms with Crippen molar-refractivity contribution >= 4 is 5.97 Å². The van der Waals surface area contributed by atoms with Crippen LogP contribution in [0.15, 0.2) is 24.8 Å². The van der Waals surface area contributed by atoms with Gasteiger partial charge < -0.3 is 4.74 Å². The van der Waals surface area contributed by atoms with E-state index in [1.165, 1.54) is 12.8 Å². The van der Waals surface area contributed by atoms with E-state index in [2.05, 4.69) is 13.5 Å². The molecule has 1 aliphatic heterocycles. The summed E-state index contributed by atoms with van der Waals surface area (Å²) in [6.07, 6.45) is 9.99. The predicted molar refractivity (Wildman–Crippen MR) is 61.5 cm³/mol. The van der Waals surface area contributed by atoms with Gasteiger partial charge in [0.15, 0.2) is 0 Å². The van der Waals surface area contributed by atoms with Gasteiger partial charge in [-0.05, 0) is 19.8 Å². The molecule has 0 aromatic heterocycles. The maximum absolute atomic E-state index is 11.4. The molecular weight excluding hydrogens is 188 g/mol. The van der Waals surface area contributed by atoms with Gasteiger partial charge in [-0.1, -0.05) is 44.6 Å². The third-order valence-electron chi connectivity index (χ3n) is 3.01. The molecule has 1 aliphatic rings. The highest BCUT2D eigenvalue weighted by Gasteiger charge is 2.51. The summed E-state index contributed by atoms with van der Waals surface area (Å²) < 4.78 is 5.17. The molecule has 1 heterocycles. The van der Waals surface area contributed by atoms with Crippen molar-refractivity contribution in [2.24, 2.45) is 5.41 Å². The van der Waals surface area contributed by atoms with Gasteiger partial charge in [0.1, 0.15) is 11.5 Å². The molecule has 0 aromatic rings. The zero-order valence-corrected chi connectivity index (χ0v) is 9.66. The quantitative estimate of drug-likeness (QED) is 0.380. The number of esters is 1. The van der Waals surface area contributed by atoms with Gasteiger partial charge in [0, 0.05) is 0 Å². The Morgan fingerprint density at radius 1 is 1.53 bits per heavy atom. The summed E-state index contributed by atoms with van der Waals surface area (Å²) in [4.78, 5) is 11.4. The van der Waals surface area contributed by atoms with E-state index in [-0.39, 0.29) is 12.1 Å². The Labute approximate surface area is 92.0 Å². The highest BCUT2D eigenvalue weighted by molar-refractivity contribution is 5.85. The Hall–Kier alpha value is -1.05. The standard InChI is InChI=1S/C13H20O2/c1-4-6-8-9-11-13(3,10-7-5-2)12(14)15-11/h5,7,10-11H,2,4,6,8-9H2,1,3H3/b10-7+/t11-,13+/m1/s1. The second kappa shape index (κ2) is 5.15. The van der Waals surface area contributed by atoms with E-state index in [0.29, 0.717) is 0 Å². The molecule has 15 heavy (non-hydrogen) atoms. The van der Waals surface area contributed by atoms with Gasteiger partial charge in [-0.2, -0.15) is 0 Å². The fourth-order valence-corrected chi connectivity index (χ4v) is 1.83. The Morgan fingerprint density at radius 2 is 2.27 bits per heavy atom. The van der Waals surface area contributed by atoms with Crippen molar-refractivity contribution in [1.82, 2.24) is 0 Å². The van der Waals surface area contributed by atoms with Crippen molar-refractivity contribution in [1.29, 1.82) is 0 Å². The van der Waals surface area contributed by atoms with Crippen LogP contribution in [0, 0.1) is 5.41 Å². The third-order valence-corrected chi connectivity index (χ3v) is 3.01. The molecule has 1 fully saturated rings. The third kappa shape index (κ3) is 2.49. The van der Waals surface area contributed by atoms with Crippen LogP contribution in [0.2, 0.25) is 0 Å². The van der Waals surface area contributed by atoms with Gasteiger partial charge >= 0.3 is 5.97 Å². The fraction of sp³-hybridized carbons (Fsp3) is 0.615. The molecule has 0 unspecified atom stereocenters. The van der Waals surface area contributed by atoms with Crippen molar-refractivity contribution < 1.29 is 9.53 Å². The van der Waals surface area contributed by atoms with E-state index in [9.17, 15) is 4.79 Å². The van der Waals surface area contributed by atoms with Crippen molar-refractivity contribution in [2.75, 3.05) is 0 Å². The van der Waals surface area contributed by atoms with E-state index in [0.717, 1.165) is 12.8 Å². The summed E-state index contributed by atoms with van der Waals surface area (Å²) in [5.74, 6) is -0.109. The van der Waals surface area contributed by atoms with E-state index >= 15 is 0 Å². The number of unbranched alkanes of at least 4 members (excludes halogenated alkanes) is 2. The number of rotatable bonds is 6. The van der Waals surface area contributed by atoms with E-state index in [4.69, 9.17) is 4.74 Å². The zero-order chi connectivity index (χ0) is 11.3. The number of hydrogen-bond donors (Lipinski definition) is 0. The van der Waals surface area contributed by atoms with Gasteiger partial charge in [0.2, 0.25) is 0 Å². The molecule has 2 heteroatoms. The van der Waals surface area contributed by atoms with E-state index < -0.39 is 5.41 Å². The first-order chi connectivity index (χ1) is 7.15. The topological polar surface area (TPSA) is 26.3 Å². The number of ether oxygens (including phenoxy) is 1. The molecule has 0 saturated carbocycles. The van der Waals surface area contributed by atoms with Crippen LogP contribution in [0.3, 0.4) is 0 Å². The average Bonchev–Trinajstić information content (AvgIpc) is 2.25. The lowest BCUT2D eigenvalue weighted by Gasteiger charge is -2.42. The number of allylic oxidation sites excluding steroid dienone is 2. The Kier molecular flexibility index (Phi) is 4.13. The Morgan fingerprint density at radius 3 is 2.80 bits per heavy atom. The highest BCUT2D eigenvalue weighted by Crippen LogP contribution is 2.40. The number of cyclic esters (lactones) is 1. The predicted octanol–water partition coefficient (Wildman–Crippen LogP) is 3.24. The minimum absolute atomic E-state index is 0.0627. The molecule has 0 N–H and O–H groups in total. The summed E-state index contributed by atoms with van der Waals surface area (Å²) in [6, 6.07) is 0. The molecule has 0 spiro atoms. The smallest absolute Gasteiger partial charge is 0.319 e. The van der Waals surface area contributed by atoms with Crippen LogP contribution >= 0.6 is 0 Å². The van der Waals surface area contributed by atoms with Crippen LogP contribution in [-0.4, -0.2) is 12.1 Å². The van der Waals surface area contributed by atoms with Crippen molar-refractivity contribution in [3.63, 3.8) is 0 Å². The maximum atomic E-state index is 11.4. The number of carbonyl (C=O) groups is 1. The van der Waals surface area contributed by atoms with E-state index in [1.54, 1.807) is 6.08 Å². The lowest BCUT2D eigenvalue weighted by atomic mass is 9.76. The first-order valence-electron chi connectivity index (χ1n) is 5.66. The first kappa shape index (κ1) is 12.0. The molecule has 2 atom stereocenters. The molecule has 1 saturated heterocycles. The Balaban J connectivity index is 2.49. The van der Waals surface area contributed by atoms with Crippen LogP contribution in [0.4, 0.5) is 0 Å². The van der Waals surface area contributed by atoms with Gasteiger partial charge in [-0.3, -0.25) is 4.79 Å². The van der Waals surface area contributed by atoms with Crippen LogP contribution in [-0.2, 0) is 9.53 Å². The van der Waals surface area contributed by atoms with Crippen LogP contribution < -0.4 is 0 Å². The second-order valence-electron chi connectivity index (χ2n) is 4.27. The van der Waals surface area contributed by atoms with E-state index in [1.807, 2.05) is 19.1 Å². The lowest BCUT2D eigenvalue weighted by Crippen LogP contribution is -2.53. The molecule has 1 rings (SSSR count). The van der Waals surface area contributed by atoms with Gasteiger partial charge in [0.05, 0.1) is 0 Å². The van der Waals surface area contributed by atoms with Gasteiger partial charge in [-0.15, -0.1) is 0 Å². The minimum atomic E-state index is -0.415. The second-order valence-corrected chi connectivity index (χ2v) is 4.27. The van der Waals surface area contributed by atoms with Crippen molar-refractivity contribution in [3.05, 3.63) is 24.8 Å². The summed E-state index contributed by atoms with van der Waals surface area (Å²) >= 11 is 0. The normalized spacial score (nSPS) is 30.0. The molecule has 84 valence electrons. The minimum Gasteiger partial charge on any atom is -0.460 e. The monoisotopic (exact) mass is 208 g/mol. The molecule has 0 aromatic carbocycles. The summed E-state index contributed by atoms with van der Waals surface area (Å²) in [6.45, 7) is 7.72. The zero-order valence-electron chi connectivity index (χ0n) is 9.66. The maximum Gasteiger partial charge on any atom is 0.319 e. The largest absolute Gasteiger partial charge is 0.460 e. The highest BCUT2D eigenvalue weighted by atomic mass is 16.6. The van der Waals surface area contributed by atoms with Crippen LogP contribution in [0.5, 0.6) is 0 Å². The first-order valence-corrected chi connectivity index (χ1v) is 5.66. The summed E-state index contributed by atoms with van der Waals surface area (Å²) in [5.41, 5.74) is -0.415. The number of carbonyl (C=O) groups excluding carboxylic acids is 1. The summed E-state index contributed by atoms with van der Waals surface area (Å²) in [7, 11) is 0. The van der Waals surface area contributed by atoms with Crippen LogP contribution in [0.1, 0.15) is 39.5 Å². The molecule has 0 aliphatic carbocycles. The molecule has 0 radical (unpaired) electrons. The summed E-state index contributed by atoms with van der Waals surface area (Å²) in [5, 5.41) is 0. The SMILES string of the molecule is C=C/C=C/[C@]1(C)C(=O)O[C@@H]1CCCCC. The van der Waals surface area contributed by atoms with Crippen LogP contribution in [0.25, 0.3) is 0 Å². The van der Waals surface area contributed by atoms with Gasteiger partial charge in [0.25, 0.3) is 0 Å². The molecule has 0 bridgehead atoms.